The molecule has 1 aromatic carbocycles. The van der Waals surface area contributed by atoms with Gasteiger partial charge in [0.2, 0.25) is 11.8 Å². The van der Waals surface area contributed by atoms with E-state index >= 15 is 0 Å². The third-order valence-electron chi connectivity index (χ3n) is 9.78. The molecule has 55 heavy (non-hydrogen) atoms. The number of amides is 2. The predicted octanol–water partition coefficient (Wildman–Crippen LogP) is 7.42. The standard InChI is InChI=1S/C22H26FN5O.C18H23F2N5O/c1-22(2,14-28-9-5-6-10-28)12-18(29)25-21-19(23)20(26-27-21)16-11-15-7-3-4-8-17(15)24-13-16;1-18(2,11-25-5-3-4-6-25)8-14(26)22-17-15(20)16(23-24-17)12-7-13(19)10-21-9-12/h3-4,7-8,11,13H,5-6,9-10,12,14H2,1-2H3,(H2,25,26,27,29);7,9-10H,3-6,8,11H2,1-2H3,(H2,22,23,24,26). The molecule has 2 aliphatic rings. The van der Waals surface area contributed by atoms with E-state index in [1.165, 1.54) is 31.9 Å². The first kappa shape index (κ1) is 39.5. The van der Waals surface area contributed by atoms with Gasteiger partial charge in [0.1, 0.15) is 17.2 Å². The van der Waals surface area contributed by atoms with Crippen molar-refractivity contribution >= 4 is 34.4 Å². The number of nitrogens with one attached hydrogen (secondary N) is 4. The maximum absolute atomic E-state index is 14.9. The molecule has 12 nitrogen and oxygen atoms in total. The van der Waals surface area contributed by atoms with Gasteiger partial charge in [-0.25, -0.2) is 13.2 Å². The zero-order valence-corrected chi connectivity index (χ0v) is 31.8. The number of nitrogens with zero attached hydrogens (tertiary/aromatic N) is 6. The quantitative estimate of drug-likeness (QED) is 0.103. The molecule has 4 N–H and O–H groups in total. The summed E-state index contributed by atoms with van der Waals surface area (Å²) in [6, 6.07) is 10.6. The highest BCUT2D eigenvalue weighted by Crippen LogP contribution is 2.30. The number of anilines is 2. The minimum Gasteiger partial charge on any atom is -0.307 e. The summed E-state index contributed by atoms with van der Waals surface area (Å²) in [6.07, 6.45) is 9.34. The molecule has 5 aromatic rings. The summed E-state index contributed by atoms with van der Waals surface area (Å²) in [7, 11) is 0. The molecular formula is C40H49F3N10O2. The van der Waals surface area contributed by atoms with Gasteiger partial charge >= 0.3 is 0 Å². The summed E-state index contributed by atoms with van der Waals surface area (Å²) in [4.78, 5) is 37.6. The molecule has 2 aliphatic heterocycles. The molecule has 2 amide bonds. The Balaban J connectivity index is 0.000000188. The summed E-state index contributed by atoms with van der Waals surface area (Å²) < 4.78 is 42.7. The molecule has 0 saturated carbocycles. The Morgan fingerprint density at radius 3 is 1.71 bits per heavy atom. The van der Waals surface area contributed by atoms with Crippen LogP contribution in [-0.2, 0) is 9.59 Å². The van der Waals surface area contributed by atoms with E-state index in [2.05, 4.69) is 64.6 Å². The van der Waals surface area contributed by atoms with E-state index in [1.54, 1.807) is 6.20 Å². The summed E-state index contributed by atoms with van der Waals surface area (Å²) >= 11 is 0. The van der Waals surface area contributed by atoms with Gasteiger partial charge in [-0.1, -0.05) is 45.9 Å². The second kappa shape index (κ2) is 17.1. The van der Waals surface area contributed by atoms with Gasteiger partial charge in [-0.15, -0.1) is 0 Å². The van der Waals surface area contributed by atoms with Crippen molar-refractivity contribution in [3.63, 3.8) is 0 Å². The van der Waals surface area contributed by atoms with Crippen LogP contribution in [0.5, 0.6) is 0 Å². The Hall–Kier alpha value is -5.15. The van der Waals surface area contributed by atoms with Crippen LogP contribution < -0.4 is 10.6 Å². The lowest BCUT2D eigenvalue weighted by molar-refractivity contribution is -0.119. The summed E-state index contributed by atoms with van der Waals surface area (Å²) in [5.74, 6) is -2.69. The van der Waals surface area contributed by atoms with Crippen LogP contribution in [0.15, 0.2) is 55.0 Å². The number of hydrogen-bond donors (Lipinski definition) is 4. The average molecular weight is 759 g/mol. The second-order valence-corrected chi connectivity index (χ2v) is 16.1. The van der Waals surface area contributed by atoms with Gasteiger partial charge in [-0.3, -0.25) is 29.8 Å². The number of aromatic amines is 2. The molecule has 0 spiro atoms. The van der Waals surface area contributed by atoms with Crippen molar-refractivity contribution in [2.75, 3.05) is 49.9 Å². The Kier molecular flexibility index (Phi) is 12.3. The fourth-order valence-electron chi connectivity index (χ4n) is 7.39. The lowest BCUT2D eigenvalue weighted by atomic mass is 9.88. The molecule has 7 rings (SSSR count). The molecule has 2 fully saturated rings. The van der Waals surface area contributed by atoms with E-state index in [9.17, 15) is 22.8 Å². The number of aromatic nitrogens is 6. The number of carbonyl (C=O) groups excluding carboxylic acids is 2. The molecule has 2 saturated heterocycles. The van der Waals surface area contributed by atoms with Crippen LogP contribution in [-0.4, -0.2) is 91.2 Å². The van der Waals surface area contributed by atoms with Gasteiger partial charge in [-0.2, -0.15) is 10.2 Å². The minimum atomic E-state index is -0.733. The Morgan fingerprint density at radius 2 is 1.20 bits per heavy atom. The van der Waals surface area contributed by atoms with E-state index in [-0.39, 0.29) is 57.7 Å². The van der Waals surface area contributed by atoms with Crippen LogP contribution in [0.2, 0.25) is 0 Å². The normalized spacial score (nSPS) is 15.3. The van der Waals surface area contributed by atoms with Crippen LogP contribution in [0.1, 0.15) is 66.2 Å². The van der Waals surface area contributed by atoms with Crippen molar-refractivity contribution in [2.45, 2.75) is 66.2 Å². The molecule has 6 heterocycles. The zero-order valence-electron chi connectivity index (χ0n) is 31.8. The molecule has 0 radical (unpaired) electrons. The Morgan fingerprint density at radius 1 is 0.709 bits per heavy atom. The number of benzene rings is 1. The van der Waals surface area contributed by atoms with Crippen LogP contribution in [0.4, 0.5) is 24.8 Å². The Labute approximate surface area is 318 Å². The van der Waals surface area contributed by atoms with Crippen molar-refractivity contribution < 1.29 is 22.8 Å². The molecule has 0 atom stereocenters. The van der Waals surface area contributed by atoms with E-state index in [0.29, 0.717) is 12.0 Å². The van der Waals surface area contributed by atoms with E-state index in [1.807, 2.05) is 44.2 Å². The molecule has 0 aliphatic carbocycles. The number of para-hydroxylation sites is 1. The third-order valence-corrected chi connectivity index (χ3v) is 9.78. The van der Waals surface area contributed by atoms with Crippen LogP contribution in [0.25, 0.3) is 33.4 Å². The highest BCUT2D eigenvalue weighted by atomic mass is 19.1. The SMILES string of the molecule is CC(C)(CC(=O)Nc1n[nH]c(-c2cnc3ccccc3c2)c1F)CN1CCCC1.CC(C)(CC(=O)Nc1n[nH]c(-c2cncc(F)c2)c1F)CN1CCCC1. The first-order chi connectivity index (χ1) is 26.2. The van der Waals surface area contributed by atoms with Gasteiger partial charge in [0.05, 0.1) is 11.7 Å². The van der Waals surface area contributed by atoms with E-state index in [4.69, 9.17) is 0 Å². The summed E-state index contributed by atoms with van der Waals surface area (Å²) in [5, 5.41) is 19.0. The zero-order chi connectivity index (χ0) is 39.2. The van der Waals surface area contributed by atoms with E-state index in [0.717, 1.165) is 62.4 Å². The fourth-order valence-corrected chi connectivity index (χ4v) is 7.39. The van der Waals surface area contributed by atoms with Gasteiger partial charge in [0, 0.05) is 54.8 Å². The molecule has 4 aromatic heterocycles. The number of carbonyl (C=O) groups is 2. The van der Waals surface area contributed by atoms with Crippen molar-refractivity contribution in [1.29, 1.82) is 0 Å². The number of likely N-dealkylation sites (tertiary alicyclic amines) is 2. The number of pyridine rings is 2. The maximum atomic E-state index is 14.9. The highest BCUT2D eigenvalue weighted by molar-refractivity contribution is 5.92. The Bertz CT molecular complexity index is 2100. The predicted molar refractivity (Wildman–Crippen MR) is 206 cm³/mol. The maximum Gasteiger partial charge on any atom is 0.226 e. The molecular weight excluding hydrogens is 710 g/mol. The lowest BCUT2D eigenvalue weighted by Gasteiger charge is -2.29. The second-order valence-electron chi connectivity index (χ2n) is 16.1. The molecule has 292 valence electrons. The van der Waals surface area contributed by atoms with Crippen molar-refractivity contribution in [1.82, 2.24) is 40.2 Å². The number of halogens is 3. The van der Waals surface area contributed by atoms with Crippen molar-refractivity contribution in [3.05, 3.63) is 72.4 Å². The first-order valence-electron chi connectivity index (χ1n) is 18.7. The van der Waals surface area contributed by atoms with E-state index < -0.39 is 17.5 Å². The average Bonchev–Trinajstić information content (AvgIpc) is 3.95. The van der Waals surface area contributed by atoms with Crippen LogP contribution in [0, 0.1) is 28.3 Å². The highest BCUT2D eigenvalue weighted by Gasteiger charge is 2.29. The summed E-state index contributed by atoms with van der Waals surface area (Å²) in [6.45, 7) is 14.2. The number of rotatable bonds is 12. The topological polar surface area (TPSA) is 148 Å². The van der Waals surface area contributed by atoms with Crippen molar-refractivity contribution in [3.8, 4) is 22.5 Å². The number of fused-ring (bicyclic) bond motifs is 1. The molecule has 0 unspecified atom stereocenters. The van der Waals surface area contributed by atoms with Gasteiger partial charge < -0.3 is 20.4 Å². The van der Waals surface area contributed by atoms with Crippen molar-refractivity contribution in [2.24, 2.45) is 10.8 Å². The van der Waals surface area contributed by atoms with Gasteiger partial charge in [0.25, 0.3) is 0 Å². The van der Waals surface area contributed by atoms with Gasteiger partial charge in [0.15, 0.2) is 23.3 Å². The fraction of sp³-hybridized carbons (Fsp3) is 0.450. The molecule has 15 heteroatoms. The van der Waals surface area contributed by atoms with Gasteiger partial charge in [-0.05, 0) is 80.9 Å². The molecule has 0 bridgehead atoms. The summed E-state index contributed by atoms with van der Waals surface area (Å²) in [5.41, 5.74) is 1.44. The smallest absolute Gasteiger partial charge is 0.226 e. The largest absolute Gasteiger partial charge is 0.307 e. The van der Waals surface area contributed by atoms with Crippen LogP contribution in [0.3, 0.4) is 0 Å². The number of hydrogen-bond acceptors (Lipinski definition) is 8. The lowest BCUT2D eigenvalue weighted by Crippen LogP contribution is -2.35. The number of H-pyrrole nitrogens is 2. The monoisotopic (exact) mass is 758 g/mol. The van der Waals surface area contributed by atoms with Crippen LogP contribution >= 0.6 is 0 Å². The minimum absolute atomic E-state index is 0.0105. The first-order valence-corrected chi connectivity index (χ1v) is 18.7. The third kappa shape index (κ3) is 10.5.